The smallest absolute Gasteiger partial charge is 0.138 e. The molecule has 2 heterocycles. The summed E-state index contributed by atoms with van der Waals surface area (Å²) in [5.41, 5.74) is 7.21. The fourth-order valence-electron chi connectivity index (χ4n) is 1.88. The second kappa shape index (κ2) is 6.41. The molecule has 2 atom stereocenters. The number of hydrogen-bond acceptors (Lipinski definition) is 5. The number of hydrogen-bond donors (Lipinski definition) is 1. The molecule has 2 unspecified atom stereocenters. The van der Waals surface area contributed by atoms with Crippen molar-refractivity contribution < 1.29 is 9.47 Å². The highest BCUT2D eigenvalue weighted by atomic mass is 32.2. The van der Waals surface area contributed by atoms with Crippen LogP contribution < -0.4 is 10.5 Å². The standard InChI is InChI=1S/C13H20N2O2S/c1-9(2)17-11-5-10(6-15-7-11)13(14)12-8-18-4-3-16-12/h5-7,9,12-13H,3-4,8,14H2,1-2H3. The van der Waals surface area contributed by atoms with Crippen LogP contribution in [-0.2, 0) is 4.74 Å². The van der Waals surface area contributed by atoms with Crippen LogP contribution in [0.15, 0.2) is 18.5 Å². The van der Waals surface area contributed by atoms with Crippen molar-refractivity contribution in [3.63, 3.8) is 0 Å². The molecule has 0 bridgehead atoms. The monoisotopic (exact) mass is 268 g/mol. The van der Waals surface area contributed by atoms with Crippen molar-refractivity contribution >= 4 is 11.8 Å². The van der Waals surface area contributed by atoms with Crippen LogP contribution in [0, 0.1) is 0 Å². The van der Waals surface area contributed by atoms with Crippen LogP contribution in [0.4, 0.5) is 0 Å². The molecule has 1 aliphatic rings. The molecule has 0 radical (unpaired) electrons. The van der Waals surface area contributed by atoms with E-state index in [0.29, 0.717) is 0 Å². The number of rotatable bonds is 4. The fourth-order valence-corrected chi connectivity index (χ4v) is 2.80. The molecule has 18 heavy (non-hydrogen) atoms. The summed E-state index contributed by atoms with van der Waals surface area (Å²) in [5, 5.41) is 0. The Balaban J connectivity index is 2.06. The van der Waals surface area contributed by atoms with E-state index in [2.05, 4.69) is 4.98 Å². The first-order chi connectivity index (χ1) is 8.66. The number of nitrogens with two attached hydrogens (primary N) is 1. The Bertz CT molecular complexity index is 381. The lowest BCUT2D eigenvalue weighted by atomic mass is 10.1. The molecule has 0 aliphatic carbocycles. The average molecular weight is 268 g/mol. The number of aromatic nitrogens is 1. The van der Waals surface area contributed by atoms with Gasteiger partial charge in [-0.2, -0.15) is 11.8 Å². The summed E-state index contributed by atoms with van der Waals surface area (Å²) in [6.45, 7) is 4.76. The van der Waals surface area contributed by atoms with Gasteiger partial charge in [0.05, 0.1) is 31.1 Å². The Kier molecular flexibility index (Phi) is 4.86. The highest BCUT2D eigenvalue weighted by molar-refractivity contribution is 7.99. The number of nitrogens with zero attached hydrogens (tertiary/aromatic N) is 1. The predicted molar refractivity (Wildman–Crippen MR) is 74.0 cm³/mol. The van der Waals surface area contributed by atoms with E-state index in [9.17, 15) is 0 Å². The van der Waals surface area contributed by atoms with E-state index < -0.39 is 0 Å². The van der Waals surface area contributed by atoms with E-state index in [4.69, 9.17) is 15.2 Å². The van der Waals surface area contributed by atoms with Crippen molar-refractivity contribution in [2.45, 2.75) is 32.1 Å². The molecule has 0 aromatic carbocycles. The molecule has 0 amide bonds. The maximum atomic E-state index is 6.24. The lowest BCUT2D eigenvalue weighted by Gasteiger charge is -2.27. The van der Waals surface area contributed by atoms with Crippen LogP contribution >= 0.6 is 11.8 Å². The van der Waals surface area contributed by atoms with Crippen molar-refractivity contribution in [1.82, 2.24) is 4.98 Å². The van der Waals surface area contributed by atoms with Gasteiger partial charge < -0.3 is 15.2 Å². The third-order valence-electron chi connectivity index (χ3n) is 2.73. The molecule has 5 heteroatoms. The van der Waals surface area contributed by atoms with E-state index in [0.717, 1.165) is 29.4 Å². The molecule has 2 rings (SSSR count). The minimum Gasteiger partial charge on any atom is -0.489 e. The van der Waals surface area contributed by atoms with Gasteiger partial charge in [0.2, 0.25) is 0 Å². The summed E-state index contributed by atoms with van der Waals surface area (Å²) in [6.07, 6.45) is 3.72. The largest absolute Gasteiger partial charge is 0.489 e. The van der Waals surface area contributed by atoms with Crippen LogP contribution in [0.1, 0.15) is 25.5 Å². The van der Waals surface area contributed by atoms with Crippen molar-refractivity contribution in [2.75, 3.05) is 18.1 Å². The summed E-state index contributed by atoms with van der Waals surface area (Å²) < 4.78 is 11.3. The maximum absolute atomic E-state index is 6.24. The van der Waals surface area contributed by atoms with Gasteiger partial charge in [0.1, 0.15) is 5.75 Å². The first-order valence-corrected chi connectivity index (χ1v) is 7.39. The lowest BCUT2D eigenvalue weighted by Crippen LogP contribution is -2.34. The molecule has 1 fully saturated rings. The number of ether oxygens (including phenoxy) is 2. The second-order valence-electron chi connectivity index (χ2n) is 4.63. The molecular formula is C13H20N2O2S. The Morgan fingerprint density at radius 1 is 1.50 bits per heavy atom. The predicted octanol–water partition coefficient (Wildman–Crippen LogP) is 2.00. The normalized spacial score (nSPS) is 21.9. The topological polar surface area (TPSA) is 57.4 Å². The van der Waals surface area contributed by atoms with Crippen molar-refractivity contribution in [3.05, 3.63) is 24.0 Å². The van der Waals surface area contributed by atoms with Gasteiger partial charge in [-0.25, -0.2) is 0 Å². The highest BCUT2D eigenvalue weighted by Crippen LogP contribution is 2.25. The minimum absolute atomic E-state index is 0.0693. The molecule has 0 spiro atoms. The third kappa shape index (κ3) is 3.60. The molecule has 0 saturated carbocycles. The van der Waals surface area contributed by atoms with Gasteiger partial charge in [-0.1, -0.05) is 0 Å². The van der Waals surface area contributed by atoms with E-state index in [-0.39, 0.29) is 18.2 Å². The van der Waals surface area contributed by atoms with E-state index >= 15 is 0 Å². The molecule has 2 N–H and O–H groups in total. The van der Waals surface area contributed by atoms with Gasteiger partial charge in [-0.05, 0) is 25.5 Å². The highest BCUT2D eigenvalue weighted by Gasteiger charge is 2.23. The Morgan fingerprint density at radius 3 is 3.00 bits per heavy atom. The van der Waals surface area contributed by atoms with E-state index in [1.165, 1.54) is 0 Å². The van der Waals surface area contributed by atoms with Gasteiger partial charge in [0, 0.05) is 17.7 Å². The second-order valence-corrected chi connectivity index (χ2v) is 5.78. The zero-order valence-corrected chi connectivity index (χ0v) is 11.7. The zero-order chi connectivity index (χ0) is 13.0. The van der Waals surface area contributed by atoms with Gasteiger partial charge in [-0.15, -0.1) is 0 Å². The summed E-state index contributed by atoms with van der Waals surface area (Å²) in [5.74, 6) is 2.76. The number of pyridine rings is 1. The van der Waals surface area contributed by atoms with Crippen LogP contribution in [0.5, 0.6) is 5.75 Å². The van der Waals surface area contributed by atoms with Gasteiger partial charge in [0.15, 0.2) is 0 Å². The minimum atomic E-state index is -0.138. The molecule has 1 aromatic rings. The zero-order valence-electron chi connectivity index (χ0n) is 10.8. The Hall–Kier alpha value is -0.780. The lowest BCUT2D eigenvalue weighted by molar-refractivity contribution is 0.0568. The van der Waals surface area contributed by atoms with E-state index in [1.807, 2.05) is 31.7 Å². The number of thioether (sulfide) groups is 1. The average Bonchev–Trinajstić information content (AvgIpc) is 2.38. The van der Waals surface area contributed by atoms with Crippen LogP contribution in [0.2, 0.25) is 0 Å². The third-order valence-corrected chi connectivity index (χ3v) is 3.75. The molecule has 1 saturated heterocycles. The van der Waals surface area contributed by atoms with E-state index in [1.54, 1.807) is 12.4 Å². The summed E-state index contributed by atoms with van der Waals surface area (Å²) in [7, 11) is 0. The van der Waals surface area contributed by atoms with Crippen molar-refractivity contribution in [3.8, 4) is 5.75 Å². The molecule has 100 valence electrons. The summed E-state index contributed by atoms with van der Waals surface area (Å²) in [4.78, 5) is 4.19. The molecule has 4 nitrogen and oxygen atoms in total. The summed E-state index contributed by atoms with van der Waals surface area (Å²) >= 11 is 1.88. The Morgan fingerprint density at radius 2 is 2.33 bits per heavy atom. The Labute approximate surface area is 112 Å². The fraction of sp³-hybridized carbons (Fsp3) is 0.615. The quantitative estimate of drug-likeness (QED) is 0.905. The first-order valence-electron chi connectivity index (χ1n) is 6.23. The van der Waals surface area contributed by atoms with Crippen LogP contribution in [-0.4, -0.2) is 35.3 Å². The van der Waals surface area contributed by atoms with Gasteiger partial charge in [0.25, 0.3) is 0 Å². The van der Waals surface area contributed by atoms with Crippen LogP contribution in [0.25, 0.3) is 0 Å². The van der Waals surface area contributed by atoms with Gasteiger partial charge in [-0.3, -0.25) is 4.98 Å². The SMILES string of the molecule is CC(C)Oc1cncc(C(N)C2CSCCO2)c1. The molecule has 1 aliphatic heterocycles. The molecule has 1 aromatic heterocycles. The van der Waals surface area contributed by atoms with Crippen LogP contribution in [0.3, 0.4) is 0 Å². The summed E-state index contributed by atoms with van der Waals surface area (Å²) in [6, 6.07) is 1.82. The van der Waals surface area contributed by atoms with Gasteiger partial charge >= 0.3 is 0 Å². The van der Waals surface area contributed by atoms with Crippen molar-refractivity contribution in [1.29, 1.82) is 0 Å². The molecular weight excluding hydrogens is 248 g/mol. The van der Waals surface area contributed by atoms with Crippen molar-refractivity contribution in [2.24, 2.45) is 5.73 Å². The first kappa shape index (κ1) is 13.6. The maximum Gasteiger partial charge on any atom is 0.138 e.